The fourth-order valence-electron chi connectivity index (χ4n) is 4.48. The number of fused-ring (bicyclic) bond motifs is 2. The number of para-hydroxylation sites is 1. The molecule has 0 radical (unpaired) electrons. The van der Waals surface area contributed by atoms with Crippen molar-refractivity contribution in [2.45, 2.75) is 33.7 Å². The topological polar surface area (TPSA) is 81.0 Å². The van der Waals surface area contributed by atoms with E-state index in [1.165, 1.54) is 22.7 Å². The number of nitrogens with zero attached hydrogens (tertiary/aromatic N) is 3. The molecule has 2 aliphatic rings. The Labute approximate surface area is 210 Å². The van der Waals surface area contributed by atoms with Gasteiger partial charge in [0.05, 0.1) is 29.1 Å². The molecular weight excluding hydrogens is 482 g/mol. The van der Waals surface area contributed by atoms with E-state index in [4.69, 9.17) is 4.74 Å². The molecule has 0 saturated carbocycles. The van der Waals surface area contributed by atoms with Gasteiger partial charge in [-0.25, -0.2) is 9.79 Å². The summed E-state index contributed by atoms with van der Waals surface area (Å²) in [4.78, 5) is 48.1. The number of thiophene rings is 1. The number of thiazole rings is 1. The maximum atomic E-state index is 13.9. The highest BCUT2D eigenvalue weighted by Gasteiger charge is 2.37. The second-order valence-electron chi connectivity index (χ2n) is 8.85. The van der Waals surface area contributed by atoms with Crippen molar-refractivity contribution in [3.8, 4) is 0 Å². The fraction of sp³-hybridized carbons (Fsp3) is 0.308. The van der Waals surface area contributed by atoms with Crippen molar-refractivity contribution in [1.29, 1.82) is 0 Å². The lowest BCUT2D eigenvalue weighted by Gasteiger charge is -2.23. The van der Waals surface area contributed by atoms with Crippen LogP contribution in [0.5, 0.6) is 0 Å². The van der Waals surface area contributed by atoms with Crippen LogP contribution in [0, 0.1) is 5.92 Å². The first-order valence-electron chi connectivity index (χ1n) is 11.5. The zero-order chi connectivity index (χ0) is 24.9. The van der Waals surface area contributed by atoms with Gasteiger partial charge >= 0.3 is 5.97 Å². The van der Waals surface area contributed by atoms with E-state index in [2.05, 4.69) is 4.99 Å². The molecule has 1 aromatic carbocycles. The van der Waals surface area contributed by atoms with Crippen molar-refractivity contribution in [2.75, 3.05) is 18.1 Å². The van der Waals surface area contributed by atoms with Gasteiger partial charge in [-0.05, 0) is 37.3 Å². The molecule has 1 atom stereocenters. The highest BCUT2D eigenvalue weighted by Crippen LogP contribution is 2.36. The Bertz CT molecular complexity index is 1540. The molecular formula is C26H25N3O4S2. The van der Waals surface area contributed by atoms with Crippen molar-refractivity contribution in [1.82, 2.24) is 4.57 Å². The number of amides is 1. The van der Waals surface area contributed by atoms with Crippen molar-refractivity contribution >= 4 is 45.8 Å². The predicted molar refractivity (Wildman–Crippen MR) is 137 cm³/mol. The summed E-state index contributed by atoms with van der Waals surface area (Å²) < 4.78 is 7.45. The monoisotopic (exact) mass is 507 g/mol. The Balaban J connectivity index is 1.76. The standard InChI is InChI=1S/C26H25N3O4S2/c1-5-28-17-10-7-6-9-16(17)20(23(28)30)22-24(31)29-21(18-11-8-12-34-18)19(15(4)27-26(29)35-22)25(32)33-13-14(2)3/h6-12,14,21H,5,13H2,1-4H3/b22-20-. The molecule has 1 unspecified atom stereocenters. The van der Waals surface area contributed by atoms with Crippen LogP contribution in [-0.2, 0) is 14.3 Å². The van der Waals surface area contributed by atoms with E-state index < -0.39 is 12.0 Å². The van der Waals surface area contributed by atoms with Gasteiger partial charge in [0.15, 0.2) is 4.80 Å². The number of carbonyl (C=O) groups is 2. The Morgan fingerprint density at radius 1 is 1.17 bits per heavy atom. The number of esters is 1. The molecule has 0 aliphatic carbocycles. The summed E-state index contributed by atoms with van der Waals surface area (Å²) in [6, 6.07) is 10.6. The summed E-state index contributed by atoms with van der Waals surface area (Å²) >= 11 is 2.66. The summed E-state index contributed by atoms with van der Waals surface area (Å²) in [6.07, 6.45) is 0. The molecule has 0 fully saturated rings. The number of allylic oxidation sites excluding steroid dienone is 1. The van der Waals surface area contributed by atoms with Gasteiger partial charge in [0.1, 0.15) is 10.6 Å². The van der Waals surface area contributed by atoms with Crippen LogP contribution in [0.3, 0.4) is 0 Å². The molecule has 5 rings (SSSR count). The van der Waals surface area contributed by atoms with Crippen LogP contribution in [0.25, 0.3) is 5.57 Å². The van der Waals surface area contributed by atoms with Gasteiger partial charge in [0.25, 0.3) is 11.5 Å². The van der Waals surface area contributed by atoms with Gasteiger partial charge in [-0.2, -0.15) is 0 Å². The molecule has 2 aromatic heterocycles. The molecule has 1 amide bonds. The van der Waals surface area contributed by atoms with E-state index in [0.717, 1.165) is 16.1 Å². The summed E-state index contributed by atoms with van der Waals surface area (Å²) in [5.74, 6) is -0.493. The Hall–Kier alpha value is -3.30. The molecule has 3 aromatic rings. The van der Waals surface area contributed by atoms with Gasteiger partial charge in [0, 0.05) is 17.0 Å². The second kappa shape index (κ2) is 9.05. The number of aromatic nitrogens is 1. The largest absolute Gasteiger partial charge is 0.462 e. The number of benzene rings is 1. The van der Waals surface area contributed by atoms with Gasteiger partial charge in [-0.1, -0.05) is 49.4 Å². The predicted octanol–water partition coefficient (Wildman–Crippen LogP) is 3.23. The number of hydrogen-bond acceptors (Lipinski definition) is 7. The van der Waals surface area contributed by atoms with Crippen LogP contribution in [0.2, 0.25) is 0 Å². The average Bonchev–Trinajstić information content (AvgIpc) is 3.53. The van der Waals surface area contributed by atoms with Crippen LogP contribution >= 0.6 is 22.7 Å². The minimum absolute atomic E-state index is 0.179. The minimum Gasteiger partial charge on any atom is -0.462 e. The SMILES string of the molecule is CCN1C(=O)/C(=c2\sc3n(c2=O)C(c2cccs2)C(C(=O)OCC(C)C)=C(C)N=3)c2ccccc21. The van der Waals surface area contributed by atoms with Gasteiger partial charge in [-0.3, -0.25) is 14.2 Å². The third kappa shape index (κ3) is 3.79. The van der Waals surface area contributed by atoms with Crippen LogP contribution in [0.1, 0.15) is 44.2 Å². The van der Waals surface area contributed by atoms with E-state index in [9.17, 15) is 14.4 Å². The number of rotatable bonds is 5. The van der Waals surface area contributed by atoms with Crippen LogP contribution in [0.15, 0.2) is 62.8 Å². The first-order valence-corrected chi connectivity index (χ1v) is 13.2. The summed E-state index contributed by atoms with van der Waals surface area (Å²) in [6.45, 7) is 8.39. The molecule has 7 nitrogen and oxygen atoms in total. The lowest BCUT2D eigenvalue weighted by atomic mass is 10.0. The maximum absolute atomic E-state index is 13.9. The molecule has 35 heavy (non-hydrogen) atoms. The molecule has 0 saturated heterocycles. The molecule has 9 heteroatoms. The lowest BCUT2D eigenvalue weighted by molar-refractivity contribution is -0.140. The van der Waals surface area contributed by atoms with Gasteiger partial charge in [-0.15, -0.1) is 11.3 Å². The molecule has 0 bridgehead atoms. The highest BCUT2D eigenvalue weighted by molar-refractivity contribution is 7.10. The number of carbonyl (C=O) groups excluding carboxylic acids is 2. The lowest BCUT2D eigenvalue weighted by Crippen LogP contribution is -2.40. The third-order valence-corrected chi connectivity index (χ3v) is 8.02. The van der Waals surface area contributed by atoms with E-state index in [1.807, 2.05) is 62.5 Å². The fourth-order valence-corrected chi connectivity index (χ4v) is 6.44. The zero-order valence-electron chi connectivity index (χ0n) is 19.9. The van der Waals surface area contributed by atoms with Crippen LogP contribution < -0.4 is 19.8 Å². The normalized spacial score (nSPS) is 18.6. The summed E-state index contributed by atoms with van der Waals surface area (Å²) in [7, 11) is 0. The quantitative estimate of drug-likeness (QED) is 0.497. The average molecular weight is 508 g/mol. The molecule has 4 heterocycles. The van der Waals surface area contributed by atoms with Crippen molar-refractivity contribution in [3.63, 3.8) is 0 Å². The molecule has 2 aliphatic heterocycles. The maximum Gasteiger partial charge on any atom is 0.338 e. The smallest absolute Gasteiger partial charge is 0.338 e. The first kappa shape index (κ1) is 23.4. The first-order chi connectivity index (χ1) is 16.8. The van der Waals surface area contributed by atoms with Crippen LogP contribution in [0.4, 0.5) is 5.69 Å². The summed E-state index contributed by atoms with van der Waals surface area (Å²) in [5, 5.41) is 1.91. The molecule has 0 N–H and O–H groups in total. The Morgan fingerprint density at radius 2 is 1.94 bits per heavy atom. The summed E-state index contributed by atoms with van der Waals surface area (Å²) in [5.41, 5.74) is 2.47. The minimum atomic E-state index is -0.658. The Morgan fingerprint density at radius 3 is 2.63 bits per heavy atom. The number of hydrogen-bond donors (Lipinski definition) is 0. The number of ether oxygens (including phenoxy) is 1. The van der Waals surface area contributed by atoms with Gasteiger partial charge in [0.2, 0.25) is 0 Å². The second-order valence-corrected chi connectivity index (χ2v) is 10.8. The van der Waals surface area contributed by atoms with Crippen molar-refractivity contribution in [2.24, 2.45) is 10.9 Å². The third-order valence-electron chi connectivity index (χ3n) is 6.04. The van der Waals surface area contributed by atoms with Crippen molar-refractivity contribution in [3.05, 3.63) is 83.2 Å². The van der Waals surface area contributed by atoms with E-state index in [0.29, 0.717) is 32.7 Å². The van der Waals surface area contributed by atoms with Crippen LogP contribution in [-0.4, -0.2) is 29.6 Å². The highest BCUT2D eigenvalue weighted by atomic mass is 32.1. The number of likely N-dealkylation sites (N-methyl/N-ethyl adjacent to an activating group) is 1. The van der Waals surface area contributed by atoms with E-state index in [1.54, 1.807) is 16.4 Å². The zero-order valence-corrected chi connectivity index (χ0v) is 21.5. The van der Waals surface area contributed by atoms with E-state index in [-0.39, 0.29) is 24.0 Å². The molecule has 0 spiro atoms. The van der Waals surface area contributed by atoms with E-state index >= 15 is 0 Å². The molecule has 180 valence electrons. The Kier molecular flexibility index (Phi) is 6.06. The van der Waals surface area contributed by atoms with Crippen molar-refractivity contribution < 1.29 is 14.3 Å². The number of anilines is 1. The van der Waals surface area contributed by atoms with Gasteiger partial charge < -0.3 is 9.64 Å².